The van der Waals surface area contributed by atoms with Gasteiger partial charge in [0.15, 0.2) is 5.78 Å². The number of phenolic OH excluding ortho intramolecular Hbond substituents is 1. The summed E-state index contributed by atoms with van der Waals surface area (Å²) in [5.74, 6) is 0.665. The Balaban J connectivity index is 2.61. The van der Waals surface area contributed by atoms with Gasteiger partial charge in [-0.15, -0.1) is 0 Å². The minimum absolute atomic E-state index is 0.00815. The number of carbonyl (C=O) groups excluding carboxylic acids is 1. The monoisotopic (exact) mass is 408 g/mol. The quantitative estimate of drug-likeness (QED) is 0.538. The molecule has 2 rings (SSSR count). The third-order valence-corrected chi connectivity index (χ3v) is 4.73. The Morgan fingerprint density at radius 3 is 1.95 bits per heavy atom. The van der Waals surface area contributed by atoms with Crippen molar-refractivity contribution in [2.45, 2.75) is 39.5 Å². The van der Waals surface area contributed by atoms with E-state index >= 15 is 0 Å². The second-order valence-electron chi connectivity index (χ2n) is 6.12. The van der Waals surface area contributed by atoms with Gasteiger partial charge < -0.3 is 5.11 Å². The average molecular weight is 408 g/mol. The van der Waals surface area contributed by atoms with Crippen molar-refractivity contribution in [1.82, 2.24) is 0 Å². The van der Waals surface area contributed by atoms with Gasteiger partial charge in [0, 0.05) is 14.7 Å². The fourth-order valence-electron chi connectivity index (χ4n) is 2.49. The summed E-state index contributed by atoms with van der Waals surface area (Å²) in [5.41, 5.74) is 3.02. The molecule has 0 aromatic heterocycles. The molecule has 0 spiro atoms. The van der Waals surface area contributed by atoms with Gasteiger partial charge in [0.1, 0.15) is 5.75 Å². The van der Waals surface area contributed by atoms with Gasteiger partial charge in [0.25, 0.3) is 0 Å². The maximum Gasteiger partial charge on any atom is 0.194 e. The highest BCUT2D eigenvalue weighted by Gasteiger charge is 2.19. The van der Waals surface area contributed by atoms with E-state index < -0.39 is 0 Å². The van der Waals surface area contributed by atoms with Gasteiger partial charge in [-0.05, 0) is 69.8 Å². The molecular formula is C19H21IO2. The number of phenols is 1. The van der Waals surface area contributed by atoms with Crippen LogP contribution in [0.3, 0.4) is 0 Å². The molecule has 2 nitrogen and oxygen atoms in total. The van der Waals surface area contributed by atoms with Crippen molar-refractivity contribution >= 4 is 28.4 Å². The topological polar surface area (TPSA) is 37.3 Å². The van der Waals surface area contributed by atoms with Crippen molar-refractivity contribution in [1.29, 1.82) is 0 Å². The van der Waals surface area contributed by atoms with Gasteiger partial charge in [-0.1, -0.05) is 39.8 Å². The lowest BCUT2D eigenvalue weighted by Crippen LogP contribution is -2.07. The van der Waals surface area contributed by atoms with Gasteiger partial charge >= 0.3 is 0 Å². The molecule has 0 unspecified atom stereocenters. The molecule has 2 aromatic carbocycles. The van der Waals surface area contributed by atoms with E-state index in [1.54, 1.807) is 0 Å². The SMILES string of the molecule is CC(C)c1cc(C(=O)c2ccccc2I)cc(C(C)C)c1O. The number of rotatable bonds is 4. The van der Waals surface area contributed by atoms with Crippen LogP contribution in [0.2, 0.25) is 0 Å². The first kappa shape index (κ1) is 17.0. The zero-order valence-electron chi connectivity index (χ0n) is 13.4. The number of hydrogen-bond donors (Lipinski definition) is 1. The number of hydrogen-bond acceptors (Lipinski definition) is 2. The lowest BCUT2D eigenvalue weighted by atomic mass is 9.89. The fraction of sp³-hybridized carbons (Fsp3) is 0.316. The first-order valence-electron chi connectivity index (χ1n) is 7.49. The van der Waals surface area contributed by atoms with Crippen molar-refractivity contribution in [2.75, 3.05) is 0 Å². The van der Waals surface area contributed by atoms with Crippen LogP contribution in [0.5, 0.6) is 5.75 Å². The Hall–Kier alpha value is -1.36. The fourth-order valence-corrected chi connectivity index (χ4v) is 3.12. The Morgan fingerprint density at radius 1 is 1.00 bits per heavy atom. The number of ketones is 1. The zero-order chi connectivity index (χ0) is 16.4. The van der Waals surface area contributed by atoms with E-state index in [2.05, 4.69) is 22.6 Å². The predicted molar refractivity (Wildman–Crippen MR) is 98.9 cm³/mol. The number of carbonyl (C=O) groups is 1. The molecule has 116 valence electrons. The molecule has 0 atom stereocenters. The van der Waals surface area contributed by atoms with Crippen molar-refractivity contribution in [3.05, 3.63) is 62.2 Å². The molecule has 3 heteroatoms. The van der Waals surface area contributed by atoms with E-state index in [0.29, 0.717) is 16.9 Å². The minimum Gasteiger partial charge on any atom is -0.507 e. The van der Waals surface area contributed by atoms with Gasteiger partial charge in [-0.25, -0.2) is 0 Å². The smallest absolute Gasteiger partial charge is 0.194 e. The largest absolute Gasteiger partial charge is 0.507 e. The van der Waals surface area contributed by atoms with Crippen molar-refractivity contribution in [2.24, 2.45) is 0 Å². The maximum atomic E-state index is 12.8. The van der Waals surface area contributed by atoms with Crippen LogP contribution in [0.4, 0.5) is 0 Å². The summed E-state index contributed by atoms with van der Waals surface area (Å²) in [7, 11) is 0. The second kappa shape index (κ2) is 6.82. The van der Waals surface area contributed by atoms with E-state index in [1.807, 2.05) is 64.1 Å². The molecule has 1 N–H and O–H groups in total. The summed E-state index contributed by atoms with van der Waals surface area (Å²) >= 11 is 2.18. The highest BCUT2D eigenvalue weighted by molar-refractivity contribution is 14.1. The van der Waals surface area contributed by atoms with Gasteiger partial charge in [-0.3, -0.25) is 4.79 Å². The summed E-state index contributed by atoms with van der Waals surface area (Å²) in [6.07, 6.45) is 0. The first-order valence-corrected chi connectivity index (χ1v) is 8.56. The summed E-state index contributed by atoms with van der Waals surface area (Å²) in [6, 6.07) is 11.2. The van der Waals surface area contributed by atoms with Crippen LogP contribution < -0.4 is 0 Å². The van der Waals surface area contributed by atoms with Crippen LogP contribution in [-0.4, -0.2) is 10.9 Å². The van der Waals surface area contributed by atoms with Crippen LogP contribution in [0.25, 0.3) is 0 Å². The molecular weight excluding hydrogens is 387 g/mol. The minimum atomic E-state index is 0.00815. The highest BCUT2D eigenvalue weighted by Crippen LogP contribution is 2.35. The molecule has 0 aliphatic carbocycles. The van der Waals surface area contributed by atoms with E-state index in [-0.39, 0.29) is 17.6 Å². The highest BCUT2D eigenvalue weighted by atomic mass is 127. The van der Waals surface area contributed by atoms with Crippen molar-refractivity contribution in [3.8, 4) is 5.75 Å². The third-order valence-electron chi connectivity index (χ3n) is 3.79. The molecule has 0 heterocycles. The molecule has 0 saturated carbocycles. The van der Waals surface area contributed by atoms with E-state index in [1.165, 1.54) is 0 Å². The summed E-state index contributed by atoms with van der Waals surface area (Å²) in [5, 5.41) is 10.4. The Labute approximate surface area is 145 Å². The summed E-state index contributed by atoms with van der Waals surface area (Å²) in [6.45, 7) is 8.11. The van der Waals surface area contributed by atoms with E-state index in [9.17, 15) is 9.90 Å². The van der Waals surface area contributed by atoms with Crippen LogP contribution in [-0.2, 0) is 0 Å². The first-order chi connectivity index (χ1) is 10.3. The molecule has 0 radical (unpaired) electrons. The Bertz CT molecular complexity index is 673. The predicted octanol–water partition coefficient (Wildman–Crippen LogP) is 5.47. The molecule has 0 amide bonds. The number of aromatic hydroxyl groups is 1. The molecule has 0 saturated heterocycles. The summed E-state index contributed by atoms with van der Waals surface area (Å²) < 4.78 is 0.940. The van der Waals surface area contributed by atoms with Gasteiger partial charge in [-0.2, -0.15) is 0 Å². The standard InChI is InChI=1S/C19H21IO2/c1-11(2)15-9-13(10-16(12(3)4)19(15)22)18(21)14-7-5-6-8-17(14)20/h5-12,22H,1-4H3. The van der Waals surface area contributed by atoms with Gasteiger partial charge in [0.05, 0.1) is 0 Å². The molecule has 0 aliphatic rings. The molecule has 2 aromatic rings. The lowest BCUT2D eigenvalue weighted by Gasteiger charge is -2.17. The van der Waals surface area contributed by atoms with Crippen LogP contribution in [0.15, 0.2) is 36.4 Å². The van der Waals surface area contributed by atoms with Crippen molar-refractivity contribution in [3.63, 3.8) is 0 Å². The average Bonchev–Trinajstić information content (AvgIpc) is 2.46. The van der Waals surface area contributed by atoms with Crippen LogP contribution in [0, 0.1) is 3.57 Å². The Morgan fingerprint density at radius 2 is 1.50 bits per heavy atom. The normalized spacial score (nSPS) is 11.2. The molecule has 0 bridgehead atoms. The van der Waals surface area contributed by atoms with Gasteiger partial charge in [0.2, 0.25) is 0 Å². The second-order valence-corrected chi connectivity index (χ2v) is 7.28. The summed E-state index contributed by atoms with van der Waals surface area (Å²) in [4.78, 5) is 12.8. The molecule has 22 heavy (non-hydrogen) atoms. The van der Waals surface area contributed by atoms with Crippen molar-refractivity contribution < 1.29 is 9.90 Å². The molecule has 0 fully saturated rings. The van der Waals surface area contributed by atoms with E-state index in [4.69, 9.17) is 0 Å². The zero-order valence-corrected chi connectivity index (χ0v) is 15.5. The van der Waals surface area contributed by atoms with Crippen LogP contribution >= 0.6 is 22.6 Å². The number of benzene rings is 2. The lowest BCUT2D eigenvalue weighted by molar-refractivity contribution is 0.103. The number of halogens is 1. The Kier molecular flexibility index (Phi) is 5.27. The maximum absolute atomic E-state index is 12.8. The molecule has 0 aliphatic heterocycles. The van der Waals surface area contributed by atoms with Crippen LogP contribution in [0.1, 0.15) is 66.6 Å². The third kappa shape index (κ3) is 3.35. The van der Waals surface area contributed by atoms with E-state index in [0.717, 1.165) is 14.7 Å².